The molecule has 0 radical (unpaired) electrons. The van der Waals surface area contributed by atoms with E-state index in [1.807, 2.05) is 24.3 Å². The average molecular weight is 260 g/mol. The van der Waals surface area contributed by atoms with Crippen LogP contribution in [-0.2, 0) is 29.5 Å². The first-order valence-corrected chi connectivity index (χ1v) is 5.97. The molecule has 5 nitrogen and oxygen atoms in total. The molecule has 0 fully saturated rings. The number of carbonyl (C=O) groups is 1. The van der Waals surface area contributed by atoms with Gasteiger partial charge in [0.25, 0.3) is 0 Å². The minimum Gasteiger partial charge on any atom is -0.469 e. The Hall–Kier alpha value is -2.30. The van der Waals surface area contributed by atoms with Gasteiger partial charge in [0.05, 0.1) is 20.1 Å². The fourth-order valence-corrected chi connectivity index (χ4v) is 1.93. The number of nitrogens with zero attached hydrogens (tertiary/aromatic N) is 2. The molecule has 0 N–H and O–H groups in total. The third kappa shape index (κ3) is 2.93. The number of hydrogen-bond acceptors (Lipinski definition) is 3. The summed E-state index contributed by atoms with van der Waals surface area (Å²) < 4.78 is 7.80. The number of ether oxygens (including phenoxy) is 1. The zero-order chi connectivity index (χ0) is 13.8. The number of esters is 1. The maximum atomic E-state index is 11.8. The molecule has 0 unspecified atom stereocenters. The van der Waals surface area contributed by atoms with Gasteiger partial charge in [-0.2, -0.15) is 0 Å². The highest BCUT2D eigenvalue weighted by molar-refractivity contribution is 5.72. The smallest absolute Gasteiger partial charge is 0.328 e. The van der Waals surface area contributed by atoms with Gasteiger partial charge in [-0.05, 0) is 11.1 Å². The summed E-state index contributed by atoms with van der Waals surface area (Å²) in [6, 6.07) is 7.55. The molecule has 0 spiro atoms. The molecule has 5 heteroatoms. The van der Waals surface area contributed by atoms with Gasteiger partial charge < -0.3 is 9.30 Å². The summed E-state index contributed by atoms with van der Waals surface area (Å²) in [6.45, 7) is 0.451. The molecule has 1 aromatic heterocycles. The molecule has 0 aliphatic heterocycles. The van der Waals surface area contributed by atoms with Crippen LogP contribution < -0.4 is 5.69 Å². The van der Waals surface area contributed by atoms with Gasteiger partial charge in [-0.15, -0.1) is 0 Å². The quantitative estimate of drug-likeness (QED) is 0.769. The second-order valence-electron chi connectivity index (χ2n) is 4.34. The van der Waals surface area contributed by atoms with Crippen LogP contribution in [0.5, 0.6) is 0 Å². The number of rotatable bonds is 4. The lowest BCUT2D eigenvalue weighted by Crippen LogP contribution is -2.23. The van der Waals surface area contributed by atoms with Crippen molar-refractivity contribution in [2.75, 3.05) is 7.11 Å². The molecule has 1 aromatic carbocycles. The summed E-state index contributed by atoms with van der Waals surface area (Å²) in [5.41, 5.74) is 1.75. The first-order chi connectivity index (χ1) is 9.11. The van der Waals surface area contributed by atoms with Crippen molar-refractivity contribution < 1.29 is 9.53 Å². The molecule has 100 valence electrons. The minimum absolute atomic E-state index is 0.0760. The van der Waals surface area contributed by atoms with Gasteiger partial charge in [-0.3, -0.25) is 9.36 Å². The van der Waals surface area contributed by atoms with Gasteiger partial charge in [0.15, 0.2) is 0 Å². The summed E-state index contributed by atoms with van der Waals surface area (Å²) in [6.07, 6.45) is 3.66. The Kier molecular flexibility index (Phi) is 3.85. The van der Waals surface area contributed by atoms with Crippen molar-refractivity contribution in [2.24, 2.45) is 7.05 Å². The highest BCUT2D eigenvalue weighted by Crippen LogP contribution is 2.11. The van der Waals surface area contributed by atoms with Crippen LogP contribution in [-0.4, -0.2) is 22.2 Å². The molecule has 1 heterocycles. The molecule has 0 aliphatic carbocycles. The van der Waals surface area contributed by atoms with E-state index >= 15 is 0 Å². The zero-order valence-corrected chi connectivity index (χ0v) is 11.0. The van der Waals surface area contributed by atoms with Crippen LogP contribution >= 0.6 is 0 Å². The lowest BCUT2D eigenvalue weighted by Gasteiger charge is -2.08. The van der Waals surface area contributed by atoms with Gasteiger partial charge >= 0.3 is 11.7 Å². The molecule has 0 saturated carbocycles. The van der Waals surface area contributed by atoms with E-state index in [0.29, 0.717) is 6.54 Å². The van der Waals surface area contributed by atoms with Crippen LogP contribution in [0.4, 0.5) is 0 Å². The van der Waals surface area contributed by atoms with Gasteiger partial charge in [0, 0.05) is 19.4 Å². The zero-order valence-electron chi connectivity index (χ0n) is 11.0. The second kappa shape index (κ2) is 5.56. The summed E-state index contributed by atoms with van der Waals surface area (Å²) in [5, 5.41) is 0. The molecule has 0 aliphatic rings. The van der Waals surface area contributed by atoms with E-state index in [2.05, 4.69) is 4.74 Å². The Morgan fingerprint density at radius 1 is 1.21 bits per heavy atom. The first kappa shape index (κ1) is 13.1. The monoisotopic (exact) mass is 260 g/mol. The number of hydrogen-bond donors (Lipinski definition) is 0. The van der Waals surface area contributed by atoms with E-state index in [1.165, 1.54) is 11.7 Å². The van der Waals surface area contributed by atoms with Gasteiger partial charge in [-0.1, -0.05) is 24.3 Å². The average Bonchev–Trinajstić information content (AvgIpc) is 2.73. The molecule has 2 rings (SSSR count). The van der Waals surface area contributed by atoms with Gasteiger partial charge in [-0.25, -0.2) is 4.79 Å². The molecule has 0 amide bonds. The summed E-state index contributed by atoms with van der Waals surface area (Å²) in [7, 11) is 3.08. The highest BCUT2D eigenvalue weighted by Gasteiger charge is 2.09. The SMILES string of the molecule is COC(=O)Cc1ccccc1Cn1ccn(C)c1=O. The normalized spacial score (nSPS) is 10.4. The number of aryl methyl sites for hydroxylation is 1. The van der Waals surface area contributed by atoms with E-state index in [1.54, 1.807) is 24.0 Å². The largest absolute Gasteiger partial charge is 0.469 e. The topological polar surface area (TPSA) is 53.2 Å². The number of aromatic nitrogens is 2. The second-order valence-corrected chi connectivity index (χ2v) is 4.34. The van der Waals surface area contributed by atoms with Gasteiger partial charge in [0.1, 0.15) is 0 Å². The van der Waals surface area contributed by atoms with E-state index in [4.69, 9.17) is 0 Å². The lowest BCUT2D eigenvalue weighted by molar-refractivity contribution is -0.139. The number of benzene rings is 1. The maximum Gasteiger partial charge on any atom is 0.328 e. The molecular weight excluding hydrogens is 244 g/mol. The Morgan fingerprint density at radius 3 is 2.47 bits per heavy atom. The Balaban J connectivity index is 2.27. The number of methoxy groups -OCH3 is 1. The summed E-state index contributed by atoms with van der Waals surface area (Å²) in [4.78, 5) is 23.2. The van der Waals surface area contributed by atoms with Gasteiger partial charge in [0.2, 0.25) is 0 Å². The minimum atomic E-state index is -0.284. The van der Waals surface area contributed by atoms with Crippen molar-refractivity contribution in [1.29, 1.82) is 0 Å². The number of carbonyl (C=O) groups excluding carboxylic acids is 1. The predicted molar refractivity (Wildman–Crippen MR) is 70.9 cm³/mol. The van der Waals surface area contributed by atoms with Crippen molar-refractivity contribution in [3.63, 3.8) is 0 Å². The molecule has 2 aromatic rings. The standard InChI is InChI=1S/C14H16N2O3/c1-15-7-8-16(14(15)18)10-12-6-4-3-5-11(12)9-13(17)19-2/h3-8H,9-10H2,1-2H3. The van der Waals surface area contributed by atoms with Crippen molar-refractivity contribution in [1.82, 2.24) is 9.13 Å². The third-order valence-corrected chi connectivity index (χ3v) is 3.04. The molecule has 19 heavy (non-hydrogen) atoms. The summed E-state index contributed by atoms with van der Waals surface area (Å²) >= 11 is 0. The van der Waals surface area contributed by atoms with Crippen molar-refractivity contribution in [3.05, 3.63) is 58.3 Å². The number of imidazole rings is 1. The summed E-state index contributed by atoms with van der Waals surface area (Å²) in [5.74, 6) is -0.284. The van der Waals surface area contributed by atoms with Crippen LogP contribution in [0.15, 0.2) is 41.5 Å². The molecular formula is C14H16N2O3. The Labute approximate surface area is 111 Å². The van der Waals surface area contributed by atoms with Crippen LogP contribution in [0, 0.1) is 0 Å². The first-order valence-electron chi connectivity index (χ1n) is 5.97. The molecule has 0 bridgehead atoms. The fourth-order valence-electron chi connectivity index (χ4n) is 1.93. The third-order valence-electron chi connectivity index (χ3n) is 3.04. The maximum absolute atomic E-state index is 11.8. The Morgan fingerprint density at radius 2 is 1.89 bits per heavy atom. The van der Waals surface area contributed by atoms with Crippen molar-refractivity contribution in [3.8, 4) is 0 Å². The van der Waals surface area contributed by atoms with E-state index < -0.39 is 0 Å². The van der Waals surface area contributed by atoms with Crippen LogP contribution in [0.1, 0.15) is 11.1 Å². The van der Waals surface area contributed by atoms with Crippen LogP contribution in [0.3, 0.4) is 0 Å². The van der Waals surface area contributed by atoms with Crippen molar-refractivity contribution >= 4 is 5.97 Å². The van der Waals surface area contributed by atoms with Crippen molar-refractivity contribution in [2.45, 2.75) is 13.0 Å². The predicted octanol–water partition coefficient (Wildman–Crippen LogP) is 0.951. The van der Waals surface area contributed by atoms with Crippen LogP contribution in [0.25, 0.3) is 0 Å². The molecule has 0 saturated heterocycles. The highest BCUT2D eigenvalue weighted by atomic mass is 16.5. The Bertz CT molecular complexity index is 640. The van der Waals surface area contributed by atoms with E-state index in [0.717, 1.165) is 11.1 Å². The van der Waals surface area contributed by atoms with Crippen LogP contribution in [0.2, 0.25) is 0 Å². The van der Waals surface area contributed by atoms with E-state index in [-0.39, 0.29) is 18.1 Å². The lowest BCUT2D eigenvalue weighted by atomic mass is 10.0. The van der Waals surface area contributed by atoms with E-state index in [9.17, 15) is 9.59 Å². The fraction of sp³-hybridized carbons (Fsp3) is 0.286. The molecule has 0 atom stereocenters.